The zero-order valence-corrected chi connectivity index (χ0v) is 13.8. The van der Waals surface area contributed by atoms with Crippen molar-refractivity contribution in [3.05, 3.63) is 41.6 Å². The molecule has 1 heterocycles. The predicted molar refractivity (Wildman–Crippen MR) is 90.0 cm³/mol. The number of hydrogen-bond donors (Lipinski definition) is 1. The van der Waals surface area contributed by atoms with Gasteiger partial charge in [0.2, 0.25) is 0 Å². The molecule has 0 fully saturated rings. The van der Waals surface area contributed by atoms with Gasteiger partial charge in [0.25, 0.3) is 0 Å². The van der Waals surface area contributed by atoms with Crippen molar-refractivity contribution in [2.45, 2.75) is 52.0 Å². The van der Waals surface area contributed by atoms with E-state index >= 15 is 0 Å². The Hall–Kier alpha value is -1.61. The zero-order valence-electron chi connectivity index (χ0n) is 13.8. The van der Waals surface area contributed by atoms with Crippen molar-refractivity contribution in [1.29, 1.82) is 0 Å². The van der Waals surface area contributed by atoms with Gasteiger partial charge in [-0.15, -0.1) is 0 Å². The molecular weight excluding hydrogens is 272 g/mol. The highest BCUT2D eigenvalue weighted by Gasteiger charge is 2.33. The molecule has 3 nitrogen and oxygen atoms in total. The molecule has 0 bridgehead atoms. The third kappa shape index (κ3) is 2.58. The molecule has 0 amide bonds. The second-order valence-corrected chi connectivity index (χ2v) is 6.79. The Balaban J connectivity index is 2.19. The highest BCUT2D eigenvalue weighted by Crippen LogP contribution is 2.46. The van der Waals surface area contributed by atoms with Crippen LogP contribution in [-0.2, 0) is 6.54 Å². The lowest BCUT2D eigenvalue weighted by Crippen LogP contribution is -2.21. The average molecular weight is 298 g/mol. The van der Waals surface area contributed by atoms with E-state index in [0.29, 0.717) is 24.3 Å². The van der Waals surface area contributed by atoms with E-state index in [-0.39, 0.29) is 6.61 Å². The van der Waals surface area contributed by atoms with E-state index in [4.69, 9.17) is 5.10 Å². The second kappa shape index (κ2) is 6.25. The molecule has 0 radical (unpaired) electrons. The van der Waals surface area contributed by atoms with E-state index in [1.165, 1.54) is 29.7 Å². The highest BCUT2D eigenvalue weighted by molar-refractivity contribution is 5.65. The van der Waals surface area contributed by atoms with Crippen molar-refractivity contribution in [1.82, 2.24) is 9.78 Å². The molecule has 1 aliphatic rings. The van der Waals surface area contributed by atoms with Gasteiger partial charge < -0.3 is 5.11 Å². The molecule has 118 valence electrons. The summed E-state index contributed by atoms with van der Waals surface area (Å²) in [6.07, 6.45) is 2.44. The number of aromatic nitrogens is 2. The molecule has 3 heteroatoms. The van der Waals surface area contributed by atoms with E-state index in [9.17, 15) is 5.11 Å². The molecule has 1 aromatic carbocycles. The molecule has 0 saturated heterocycles. The highest BCUT2D eigenvalue weighted by atomic mass is 16.3. The summed E-state index contributed by atoms with van der Waals surface area (Å²) in [6.45, 7) is 7.63. The molecule has 1 aliphatic carbocycles. The summed E-state index contributed by atoms with van der Waals surface area (Å²) in [5.74, 6) is 1.68. The largest absolute Gasteiger partial charge is 0.394 e. The third-order valence-electron chi connectivity index (χ3n) is 4.95. The van der Waals surface area contributed by atoms with Gasteiger partial charge in [-0.25, -0.2) is 0 Å². The van der Waals surface area contributed by atoms with Crippen LogP contribution in [0.2, 0.25) is 0 Å². The lowest BCUT2D eigenvalue weighted by atomic mass is 9.75. The normalized spacial score (nSPS) is 21.1. The van der Waals surface area contributed by atoms with Crippen molar-refractivity contribution < 1.29 is 5.11 Å². The molecule has 2 aromatic rings. The van der Waals surface area contributed by atoms with Crippen LogP contribution in [0.3, 0.4) is 0 Å². The average Bonchev–Trinajstić information content (AvgIpc) is 2.89. The van der Waals surface area contributed by atoms with Gasteiger partial charge >= 0.3 is 0 Å². The van der Waals surface area contributed by atoms with Crippen LogP contribution in [-0.4, -0.2) is 21.5 Å². The van der Waals surface area contributed by atoms with Gasteiger partial charge in [-0.1, -0.05) is 51.1 Å². The van der Waals surface area contributed by atoms with Crippen molar-refractivity contribution in [3.63, 3.8) is 0 Å². The summed E-state index contributed by atoms with van der Waals surface area (Å²) >= 11 is 0. The van der Waals surface area contributed by atoms with Gasteiger partial charge in [0.05, 0.1) is 18.8 Å². The minimum absolute atomic E-state index is 0.140. The minimum Gasteiger partial charge on any atom is -0.394 e. The van der Waals surface area contributed by atoms with Crippen LogP contribution in [0.4, 0.5) is 0 Å². The van der Waals surface area contributed by atoms with E-state index in [1.807, 2.05) is 6.07 Å². The molecule has 3 rings (SSSR count). The zero-order chi connectivity index (χ0) is 15.7. The quantitative estimate of drug-likeness (QED) is 0.919. The first-order chi connectivity index (χ1) is 10.6. The molecule has 2 atom stereocenters. The standard InChI is InChI=1S/C19H26N2O/c1-13(2)16-10-9-14(3)17-18(15-7-5-4-6-8-15)20-21(11-12-22)19(16)17/h4-8,13-14,16,22H,9-12H2,1-3H3/t14-,16+/m0/s1. The number of hydrogen-bond acceptors (Lipinski definition) is 2. The van der Waals surface area contributed by atoms with Crippen molar-refractivity contribution in [2.24, 2.45) is 5.92 Å². The summed E-state index contributed by atoms with van der Waals surface area (Å²) in [6, 6.07) is 10.5. The Kier molecular flexibility index (Phi) is 4.34. The monoisotopic (exact) mass is 298 g/mol. The van der Waals surface area contributed by atoms with Crippen LogP contribution in [0, 0.1) is 5.92 Å². The molecular formula is C19H26N2O. The summed E-state index contributed by atoms with van der Waals surface area (Å²) in [4.78, 5) is 0. The maximum atomic E-state index is 9.43. The number of fused-ring (bicyclic) bond motifs is 1. The Labute approximate surface area is 133 Å². The Morgan fingerprint density at radius 3 is 2.59 bits per heavy atom. The van der Waals surface area contributed by atoms with Crippen molar-refractivity contribution >= 4 is 0 Å². The molecule has 1 aromatic heterocycles. The Morgan fingerprint density at radius 1 is 1.23 bits per heavy atom. The second-order valence-electron chi connectivity index (χ2n) is 6.79. The number of nitrogens with zero attached hydrogens (tertiary/aromatic N) is 2. The number of aliphatic hydroxyl groups is 1. The van der Waals surface area contributed by atoms with Gasteiger partial charge in [-0.05, 0) is 24.7 Å². The maximum absolute atomic E-state index is 9.43. The van der Waals surface area contributed by atoms with Crippen LogP contribution < -0.4 is 0 Å². The van der Waals surface area contributed by atoms with Gasteiger partial charge in [0.1, 0.15) is 0 Å². The van der Waals surface area contributed by atoms with Gasteiger partial charge in [-0.3, -0.25) is 4.68 Å². The lowest BCUT2D eigenvalue weighted by Gasteiger charge is -2.31. The number of benzene rings is 1. The Bertz CT molecular complexity index is 630. The van der Waals surface area contributed by atoms with Crippen LogP contribution in [0.5, 0.6) is 0 Å². The fourth-order valence-corrected chi connectivity index (χ4v) is 3.80. The predicted octanol–water partition coefficient (Wildman–Crippen LogP) is 4.18. The fraction of sp³-hybridized carbons (Fsp3) is 0.526. The maximum Gasteiger partial charge on any atom is 0.0960 e. The van der Waals surface area contributed by atoms with E-state index in [0.717, 1.165) is 5.69 Å². The van der Waals surface area contributed by atoms with Crippen LogP contribution in [0.15, 0.2) is 30.3 Å². The van der Waals surface area contributed by atoms with E-state index in [1.54, 1.807) is 0 Å². The first-order valence-electron chi connectivity index (χ1n) is 8.40. The fourth-order valence-electron chi connectivity index (χ4n) is 3.80. The van der Waals surface area contributed by atoms with Crippen molar-refractivity contribution in [3.8, 4) is 11.3 Å². The topological polar surface area (TPSA) is 38.0 Å². The van der Waals surface area contributed by atoms with Gasteiger partial charge in [0.15, 0.2) is 0 Å². The van der Waals surface area contributed by atoms with E-state index < -0.39 is 0 Å². The molecule has 0 aliphatic heterocycles. The van der Waals surface area contributed by atoms with Crippen LogP contribution >= 0.6 is 0 Å². The van der Waals surface area contributed by atoms with Gasteiger partial charge in [-0.2, -0.15) is 5.10 Å². The smallest absolute Gasteiger partial charge is 0.0960 e. The van der Waals surface area contributed by atoms with Crippen LogP contribution in [0.1, 0.15) is 56.7 Å². The third-order valence-corrected chi connectivity index (χ3v) is 4.95. The summed E-state index contributed by atoms with van der Waals surface area (Å²) in [7, 11) is 0. The lowest BCUT2D eigenvalue weighted by molar-refractivity contribution is 0.261. The Morgan fingerprint density at radius 2 is 1.95 bits per heavy atom. The minimum atomic E-state index is 0.140. The molecule has 0 spiro atoms. The summed E-state index contributed by atoms with van der Waals surface area (Å²) < 4.78 is 2.07. The summed E-state index contributed by atoms with van der Waals surface area (Å²) in [5.41, 5.74) is 5.07. The number of rotatable bonds is 4. The molecule has 22 heavy (non-hydrogen) atoms. The molecule has 0 saturated carbocycles. The van der Waals surface area contributed by atoms with Gasteiger partial charge in [0, 0.05) is 22.7 Å². The summed E-state index contributed by atoms with van der Waals surface area (Å²) in [5, 5.41) is 14.3. The van der Waals surface area contributed by atoms with Crippen molar-refractivity contribution in [2.75, 3.05) is 6.61 Å². The molecule has 0 unspecified atom stereocenters. The molecule has 1 N–H and O–H groups in total. The van der Waals surface area contributed by atoms with Crippen LogP contribution in [0.25, 0.3) is 11.3 Å². The first kappa shape index (κ1) is 15.3. The SMILES string of the molecule is CC(C)[C@H]1CC[C@H](C)c2c(-c3ccccc3)nn(CCO)c21. The first-order valence-corrected chi connectivity index (χ1v) is 8.40. The number of aliphatic hydroxyl groups excluding tert-OH is 1. The van der Waals surface area contributed by atoms with E-state index in [2.05, 4.69) is 49.7 Å².